The van der Waals surface area contributed by atoms with E-state index in [-0.39, 0.29) is 6.09 Å². The maximum absolute atomic E-state index is 11.4. The Morgan fingerprint density at radius 2 is 2.18 bits per heavy atom. The van der Waals surface area contributed by atoms with Gasteiger partial charge in [0.15, 0.2) is 5.16 Å². The number of thioether (sulfide) groups is 1. The second-order valence-corrected chi connectivity index (χ2v) is 6.36. The number of carbonyl (C=O) groups excluding carboxylic acids is 1. The van der Waals surface area contributed by atoms with Gasteiger partial charge in [-0.25, -0.2) is 9.78 Å². The highest BCUT2D eigenvalue weighted by atomic mass is 32.2. The largest absolute Gasteiger partial charge is 0.448 e. The third-order valence-electron chi connectivity index (χ3n) is 3.81. The van der Waals surface area contributed by atoms with Gasteiger partial charge in [-0.3, -0.25) is 4.57 Å². The van der Waals surface area contributed by atoms with E-state index in [1.807, 2.05) is 12.4 Å². The van der Waals surface area contributed by atoms with Gasteiger partial charge in [0.05, 0.1) is 6.54 Å². The Kier molecular flexibility index (Phi) is 4.38. The molecule has 0 aliphatic carbocycles. The minimum absolute atomic E-state index is 0.210. The lowest BCUT2D eigenvalue weighted by molar-refractivity contribution is 0.160. The first kappa shape index (κ1) is 15.0. The van der Waals surface area contributed by atoms with Gasteiger partial charge in [0.2, 0.25) is 0 Å². The Hall–Kier alpha value is -1.95. The summed E-state index contributed by atoms with van der Waals surface area (Å²) >= 11 is 1.65. The van der Waals surface area contributed by atoms with Gasteiger partial charge >= 0.3 is 6.09 Å². The zero-order valence-corrected chi connectivity index (χ0v) is 13.6. The van der Waals surface area contributed by atoms with Crippen molar-refractivity contribution in [2.75, 3.05) is 25.4 Å². The number of amides is 1. The molecule has 3 rings (SSSR count). The molecule has 0 radical (unpaired) electrons. The quantitative estimate of drug-likeness (QED) is 0.795. The van der Waals surface area contributed by atoms with Crippen LogP contribution in [0.5, 0.6) is 0 Å². The monoisotopic (exact) mass is 317 g/mol. The van der Waals surface area contributed by atoms with Crippen molar-refractivity contribution in [1.82, 2.24) is 14.5 Å². The van der Waals surface area contributed by atoms with Crippen LogP contribution in [0.2, 0.25) is 0 Å². The lowest BCUT2D eigenvalue weighted by Crippen LogP contribution is -2.26. The van der Waals surface area contributed by atoms with Crippen molar-refractivity contribution in [2.24, 2.45) is 0 Å². The Bertz CT molecular complexity index is 684. The summed E-state index contributed by atoms with van der Waals surface area (Å²) in [6.45, 7) is 6.09. The molecule has 1 aliphatic rings. The van der Waals surface area contributed by atoms with Crippen LogP contribution in [0.3, 0.4) is 0 Å². The summed E-state index contributed by atoms with van der Waals surface area (Å²) in [7, 11) is 0. The number of benzene rings is 1. The number of carbonyl (C=O) groups is 1. The fraction of sp³-hybridized carbons (Fsp3) is 0.375. The zero-order chi connectivity index (χ0) is 15.5. The SMILES string of the molecule is Cc1ccc(-n2ccnc2SCCN2CCOC2=O)cc1C. The van der Waals surface area contributed by atoms with Crippen molar-refractivity contribution < 1.29 is 9.53 Å². The van der Waals surface area contributed by atoms with Crippen LogP contribution >= 0.6 is 11.8 Å². The van der Waals surface area contributed by atoms with Crippen molar-refractivity contribution in [3.63, 3.8) is 0 Å². The van der Waals surface area contributed by atoms with Crippen molar-refractivity contribution in [3.8, 4) is 5.69 Å². The van der Waals surface area contributed by atoms with Crippen molar-refractivity contribution in [1.29, 1.82) is 0 Å². The predicted octanol–water partition coefficient (Wildman–Crippen LogP) is 3.03. The van der Waals surface area contributed by atoms with Crippen LogP contribution in [0.15, 0.2) is 35.7 Å². The molecule has 5 nitrogen and oxygen atoms in total. The number of nitrogens with zero attached hydrogens (tertiary/aromatic N) is 3. The van der Waals surface area contributed by atoms with E-state index < -0.39 is 0 Å². The number of rotatable bonds is 5. The van der Waals surface area contributed by atoms with Crippen molar-refractivity contribution >= 4 is 17.9 Å². The normalized spacial score (nSPS) is 14.5. The third-order valence-corrected chi connectivity index (χ3v) is 4.76. The van der Waals surface area contributed by atoms with E-state index in [1.165, 1.54) is 11.1 Å². The molecule has 116 valence electrons. The van der Waals surface area contributed by atoms with Gasteiger partial charge in [-0.1, -0.05) is 17.8 Å². The van der Waals surface area contributed by atoms with E-state index in [0.29, 0.717) is 19.7 Å². The second-order valence-electron chi connectivity index (χ2n) is 5.30. The third kappa shape index (κ3) is 3.11. The van der Waals surface area contributed by atoms with E-state index in [0.717, 1.165) is 16.6 Å². The molecule has 1 saturated heterocycles. The lowest BCUT2D eigenvalue weighted by Gasteiger charge is -2.13. The first-order valence-corrected chi connectivity index (χ1v) is 8.29. The minimum Gasteiger partial charge on any atom is -0.448 e. The second kappa shape index (κ2) is 6.44. The smallest absolute Gasteiger partial charge is 0.409 e. The van der Waals surface area contributed by atoms with Gasteiger partial charge < -0.3 is 9.64 Å². The van der Waals surface area contributed by atoms with E-state index in [2.05, 4.69) is 41.6 Å². The molecule has 1 amide bonds. The number of ether oxygens (including phenoxy) is 1. The highest BCUT2D eigenvalue weighted by molar-refractivity contribution is 7.99. The molecule has 22 heavy (non-hydrogen) atoms. The van der Waals surface area contributed by atoms with Crippen LogP contribution in [-0.2, 0) is 4.74 Å². The summed E-state index contributed by atoms with van der Waals surface area (Å²) in [5.41, 5.74) is 3.66. The molecule has 0 saturated carbocycles. The van der Waals surface area contributed by atoms with Crippen LogP contribution in [0.4, 0.5) is 4.79 Å². The average molecular weight is 317 g/mol. The average Bonchev–Trinajstić information content (AvgIpc) is 3.12. The summed E-state index contributed by atoms with van der Waals surface area (Å²) in [4.78, 5) is 17.5. The Balaban J connectivity index is 1.66. The van der Waals surface area contributed by atoms with E-state index in [9.17, 15) is 4.79 Å². The minimum atomic E-state index is -0.210. The van der Waals surface area contributed by atoms with E-state index in [1.54, 1.807) is 16.7 Å². The number of imidazole rings is 1. The highest BCUT2D eigenvalue weighted by Crippen LogP contribution is 2.22. The molecule has 2 aromatic rings. The zero-order valence-electron chi connectivity index (χ0n) is 12.8. The van der Waals surface area contributed by atoms with Crippen LogP contribution in [-0.4, -0.2) is 46.0 Å². The Morgan fingerprint density at radius 1 is 1.32 bits per heavy atom. The highest BCUT2D eigenvalue weighted by Gasteiger charge is 2.21. The molecule has 0 atom stereocenters. The molecule has 0 spiro atoms. The lowest BCUT2D eigenvalue weighted by atomic mass is 10.1. The van der Waals surface area contributed by atoms with Crippen molar-refractivity contribution in [2.45, 2.75) is 19.0 Å². The molecular formula is C16H19N3O2S. The van der Waals surface area contributed by atoms with Crippen LogP contribution in [0, 0.1) is 13.8 Å². The molecule has 2 heterocycles. The number of hydrogen-bond donors (Lipinski definition) is 0. The molecule has 1 fully saturated rings. The molecule has 1 aliphatic heterocycles. The molecular weight excluding hydrogens is 298 g/mol. The van der Waals surface area contributed by atoms with Crippen LogP contribution in [0.1, 0.15) is 11.1 Å². The summed E-state index contributed by atoms with van der Waals surface area (Å²) < 4.78 is 7.01. The summed E-state index contributed by atoms with van der Waals surface area (Å²) in [5.74, 6) is 0.803. The Morgan fingerprint density at radius 3 is 2.91 bits per heavy atom. The van der Waals surface area contributed by atoms with Gasteiger partial charge in [-0.2, -0.15) is 0 Å². The summed E-state index contributed by atoms with van der Waals surface area (Å²) in [6.07, 6.45) is 3.57. The van der Waals surface area contributed by atoms with E-state index >= 15 is 0 Å². The van der Waals surface area contributed by atoms with Crippen LogP contribution in [0.25, 0.3) is 5.69 Å². The molecule has 1 aromatic heterocycles. The maximum atomic E-state index is 11.4. The Labute approximate surface area is 134 Å². The fourth-order valence-corrected chi connectivity index (χ4v) is 3.28. The van der Waals surface area contributed by atoms with E-state index in [4.69, 9.17) is 4.74 Å². The van der Waals surface area contributed by atoms with Gasteiger partial charge in [-0.05, 0) is 37.1 Å². The maximum Gasteiger partial charge on any atom is 0.409 e. The molecule has 0 bridgehead atoms. The number of aryl methyl sites for hydroxylation is 2. The number of aromatic nitrogens is 2. The van der Waals surface area contributed by atoms with Gasteiger partial charge in [-0.15, -0.1) is 0 Å². The number of hydrogen-bond acceptors (Lipinski definition) is 4. The predicted molar refractivity (Wildman–Crippen MR) is 86.7 cm³/mol. The number of cyclic esters (lactones) is 1. The summed E-state index contributed by atoms with van der Waals surface area (Å²) in [5, 5.41) is 0.941. The summed E-state index contributed by atoms with van der Waals surface area (Å²) in [6, 6.07) is 6.39. The van der Waals surface area contributed by atoms with Gasteiger partial charge in [0.1, 0.15) is 6.61 Å². The van der Waals surface area contributed by atoms with Crippen molar-refractivity contribution in [3.05, 3.63) is 41.7 Å². The first-order valence-electron chi connectivity index (χ1n) is 7.30. The topological polar surface area (TPSA) is 47.4 Å². The van der Waals surface area contributed by atoms with Gasteiger partial charge in [0, 0.05) is 30.4 Å². The standard InChI is InChI=1S/C16H19N3O2S/c1-12-3-4-14(11-13(12)2)19-6-5-17-15(19)22-10-8-18-7-9-21-16(18)20/h3-6,11H,7-10H2,1-2H3. The molecule has 0 N–H and O–H groups in total. The first-order chi connectivity index (χ1) is 10.6. The van der Waals surface area contributed by atoms with Gasteiger partial charge in [0.25, 0.3) is 0 Å². The van der Waals surface area contributed by atoms with Crippen LogP contribution < -0.4 is 0 Å². The molecule has 0 unspecified atom stereocenters. The fourth-order valence-electron chi connectivity index (χ4n) is 2.34. The molecule has 6 heteroatoms. The molecule has 1 aromatic carbocycles.